The van der Waals surface area contributed by atoms with Crippen LogP contribution in [0.25, 0.3) is 0 Å². The van der Waals surface area contributed by atoms with Gasteiger partial charge in [0.25, 0.3) is 0 Å². The van der Waals surface area contributed by atoms with Crippen LogP contribution in [-0.2, 0) is 0 Å². The molecule has 0 saturated carbocycles. The predicted octanol–water partition coefficient (Wildman–Crippen LogP) is 1.96. The molecule has 0 aromatic carbocycles. The highest BCUT2D eigenvalue weighted by Crippen LogP contribution is 2.03. The normalized spacial score (nSPS) is 16.3. The van der Waals surface area contributed by atoms with Crippen LogP contribution in [0, 0.1) is 0 Å². The zero-order chi connectivity index (χ0) is 7.94. The van der Waals surface area contributed by atoms with Crippen molar-refractivity contribution in [1.82, 2.24) is 5.32 Å². The van der Waals surface area contributed by atoms with Crippen LogP contribution in [0.1, 0.15) is 39.0 Å². The smallest absolute Gasteiger partial charge is 0.0964 e. The minimum absolute atomic E-state index is 0.989. The Morgan fingerprint density at radius 1 is 1.36 bits per heavy atom. The second-order valence-electron chi connectivity index (χ2n) is 3.07. The number of nitrogens with zero attached hydrogens (tertiary/aromatic N) is 1. The first-order valence-corrected chi connectivity index (χ1v) is 4.70. The lowest BCUT2D eigenvalue weighted by atomic mass is 10.1. The molecule has 1 rings (SSSR count). The molecule has 0 bridgehead atoms. The van der Waals surface area contributed by atoms with E-state index in [2.05, 4.69) is 17.2 Å². The van der Waals surface area contributed by atoms with E-state index in [1.807, 2.05) is 0 Å². The van der Waals surface area contributed by atoms with Gasteiger partial charge < -0.3 is 5.32 Å². The largest absolute Gasteiger partial charge is 0.372 e. The summed E-state index contributed by atoms with van der Waals surface area (Å²) in [6.07, 6.45) is 6.52. The lowest BCUT2D eigenvalue weighted by Crippen LogP contribution is -2.17. The van der Waals surface area contributed by atoms with Crippen molar-refractivity contribution < 1.29 is 0 Å². The Bertz CT molecular complexity index is 130. The minimum atomic E-state index is 0.989. The van der Waals surface area contributed by atoms with E-state index in [9.17, 15) is 0 Å². The first-order valence-electron chi connectivity index (χ1n) is 4.70. The molecule has 0 atom stereocenters. The van der Waals surface area contributed by atoms with E-state index >= 15 is 0 Å². The molecule has 2 nitrogen and oxygen atoms in total. The maximum Gasteiger partial charge on any atom is 0.0964 e. The summed E-state index contributed by atoms with van der Waals surface area (Å²) in [6, 6.07) is 0. The van der Waals surface area contributed by atoms with Gasteiger partial charge in [-0.15, -0.1) is 0 Å². The molecule has 1 aliphatic rings. The molecule has 0 unspecified atom stereocenters. The van der Waals surface area contributed by atoms with E-state index in [0.29, 0.717) is 0 Å². The van der Waals surface area contributed by atoms with E-state index in [1.54, 1.807) is 0 Å². The maximum atomic E-state index is 4.34. The molecule has 1 aliphatic heterocycles. The van der Waals surface area contributed by atoms with Crippen molar-refractivity contribution in [2.45, 2.75) is 39.0 Å². The predicted molar refractivity (Wildman–Crippen MR) is 49.1 cm³/mol. The lowest BCUT2D eigenvalue weighted by Gasteiger charge is -2.00. The fraction of sp³-hybridized carbons (Fsp3) is 0.889. The van der Waals surface area contributed by atoms with Gasteiger partial charge in [-0.3, -0.25) is 4.99 Å². The highest BCUT2D eigenvalue weighted by molar-refractivity contribution is 5.83. The molecule has 0 radical (unpaired) electrons. The Balaban J connectivity index is 1.94. The first kappa shape index (κ1) is 8.57. The van der Waals surface area contributed by atoms with Crippen molar-refractivity contribution in [3.05, 3.63) is 0 Å². The number of nitrogens with one attached hydrogen (secondary N) is 1. The Morgan fingerprint density at radius 2 is 2.27 bits per heavy atom. The summed E-state index contributed by atoms with van der Waals surface area (Å²) >= 11 is 0. The van der Waals surface area contributed by atoms with E-state index < -0.39 is 0 Å². The van der Waals surface area contributed by atoms with Crippen LogP contribution in [-0.4, -0.2) is 18.9 Å². The number of aliphatic imine (C=N–C) groups is 1. The van der Waals surface area contributed by atoms with E-state index in [4.69, 9.17) is 0 Å². The van der Waals surface area contributed by atoms with Gasteiger partial charge in [-0.25, -0.2) is 0 Å². The third kappa shape index (κ3) is 3.40. The number of unbranched alkanes of at least 4 members (excludes halogenated alkanes) is 3. The molecule has 0 fully saturated rings. The number of rotatable bonds is 5. The third-order valence-corrected chi connectivity index (χ3v) is 2.01. The summed E-state index contributed by atoms with van der Waals surface area (Å²) in [5.41, 5.74) is 0. The van der Waals surface area contributed by atoms with Crippen molar-refractivity contribution >= 4 is 5.84 Å². The van der Waals surface area contributed by atoms with Crippen LogP contribution >= 0.6 is 0 Å². The summed E-state index contributed by atoms with van der Waals surface area (Å²) in [5.74, 6) is 1.24. The zero-order valence-corrected chi connectivity index (χ0v) is 7.40. The van der Waals surface area contributed by atoms with Crippen LogP contribution in [0.3, 0.4) is 0 Å². The molecule has 0 spiro atoms. The second kappa shape index (κ2) is 5.16. The lowest BCUT2D eigenvalue weighted by molar-refractivity contribution is 0.679. The van der Waals surface area contributed by atoms with Crippen molar-refractivity contribution in [2.75, 3.05) is 13.1 Å². The molecule has 2 heteroatoms. The molecule has 64 valence electrons. The maximum absolute atomic E-state index is 4.34. The molecule has 0 saturated heterocycles. The fourth-order valence-corrected chi connectivity index (χ4v) is 1.33. The van der Waals surface area contributed by atoms with Gasteiger partial charge in [0.15, 0.2) is 0 Å². The molecule has 11 heavy (non-hydrogen) atoms. The zero-order valence-electron chi connectivity index (χ0n) is 7.40. The summed E-state index contributed by atoms with van der Waals surface area (Å²) in [5, 5.41) is 3.28. The van der Waals surface area contributed by atoms with Crippen LogP contribution in [0.4, 0.5) is 0 Å². The molecule has 1 heterocycles. The number of amidine groups is 1. The molecular weight excluding hydrogens is 136 g/mol. The summed E-state index contributed by atoms with van der Waals surface area (Å²) in [4.78, 5) is 4.34. The summed E-state index contributed by atoms with van der Waals surface area (Å²) in [6.45, 7) is 4.29. The van der Waals surface area contributed by atoms with E-state index in [0.717, 1.165) is 13.1 Å². The average molecular weight is 154 g/mol. The monoisotopic (exact) mass is 154 g/mol. The van der Waals surface area contributed by atoms with Crippen molar-refractivity contribution in [3.8, 4) is 0 Å². The third-order valence-electron chi connectivity index (χ3n) is 2.01. The molecule has 0 amide bonds. The quantitative estimate of drug-likeness (QED) is 0.601. The Labute approximate surface area is 69.1 Å². The van der Waals surface area contributed by atoms with Crippen molar-refractivity contribution in [3.63, 3.8) is 0 Å². The van der Waals surface area contributed by atoms with Gasteiger partial charge in [0.1, 0.15) is 0 Å². The van der Waals surface area contributed by atoms with E-state index in [-0.39, 0.29) is 0 Å². The average Bonchev–Trinajstić information content (AvgIpc) is 2.50. The van der Waals surface area contributed by atoms with Crippen molar-refractivity contribution in [2.24, 2.45) is 4.99 Å². The SMILES string of the molecule is CCCCCCC1=NCCN1. The van der Waals surface area contributed by atoms with Crippen LogP contribution in [0.15, 0.2) is 4.99 Å². The van der Waals surface area contributed by atoms with Gasteiger partial charge >= 0.3 is 0 Å². The van der Waals surface area contributed by atoms with Gasteiger partial charge in [0.05, 0.1) is 12.4 Å². The standard InChI is InChI=1S/C9H18N2/c1-2-3-4-5-6-9-10-7-8-11-9/h2-8H2,1H3,(H,10,11). The van der Waals surface area contributed by atoms with Gasteiger partial charge in [0.2, 0.25) is 0 Å². The molecule has 0 aromatic rings. The van der Waals surface area contributed by atoms with Gasteiger partial charge in [-0.1, -0.05) is 26.2 Å². The topological polar surface area (TPSA) is 24.4 Å². The van der Waals surface area contributed by atoms with Gasteiger partial charge in [-0.05, 0) is 6.42 Å². The first-order chi connectivity index (χ1) is 5.43. The van der Waals surface area contributed by atoms with Crippen molar-refractivity contribution in [1.29, 1.82) is 0 Å². The Kier molecular flexibility index (Phi) is 4.02. The van der Waals surface area contributed by atoms with Crippen LogP contribution in [0.2, 0.25) is 0 Å². The van der Waals surface area contributed by atoms with Gasteiger partial charge in [-0.2, -0.15) is 0 Å². The van der Waals surface area contributed by atoms with Crippen LogP contribution < -0.4 is 5.32 Å². The molecular formula is C9H18N2. The van der Waals surface area contributed by atoms with Gasteiger partial charge in [0, 0.05) is 13.0 Å². The fourth-order valence-electron chi connectivity index (χ4n) is 1.33. The summed E-state index contributed by atoms with van der Waals surface area (Å²) in [7, 11) is 0. The highest BCUT2D eigenvalue weighted by atomic mass is 15.1. The number of hydrogen-bond acceptors (Lipinski definition) is 2. The Hall–Kier alpha value is -0.530. The molecule has 1 N–H and O–H groups in total. The number of hydrogen-bond donors (Lipinski definition) is 1. The Morgan fingerprint density at radius 3 is 2.91 bits per heavy atom. The highest BCUT2D eigenvalue weighted by Gasteiger charge is 2.02. The minimum Gasteiger partial charge on any atom is -0.372 e. The van der Waals surface area contributed by atoms with E-state index in [1.165, 1.54) is 37.9 Å². The molecule has 0 aliphatic carbocycles. The van der Waals surface area contributed by atoms with Crippen LogP contribution in [0.5, 0.6) is 0 Å². The second-order valence-corrected chi connectivity index (χ2v) is 3.07. The molecule has 0 aromatic heterocycles. The summed E-state index contributed by atoms with van der Waals surface area (Å²) < 4.78 is 0.